The van der Waals surface area contributed by atoms with Gasteiger partial charge in [-0.1, -0.05) is 353 Å². The highest BCUT2D eigenvalue weighted by Gasteiger charge is 2.47. The van der Waals surface area contributed by atoms with Gasteiger partial charge in [0.15, 0.2) is 0 Å². The van der Waals surface area contributed by atoms with Crippen molar-refractivity contribution in [2.45, 2.75) is 78.6 Å². The van der Waals surface area contributed by atoms with E-state index in [0.717, 1.165) is 123 Å². The lowest BCUT2D eigenvalue weighted by molar-refractivity contribution is 0.590. The zero-order valence-corrected chi connectivity index (χ0v) is 70.8. The van der Waals surface area contributed by atoms with Crippen LogP contribution in [0.1, 0.15) is 79.0 Å². The fraction of sp³-hybridized carbons (Fsp3) is 0.102. The van der Waals surface area contributed by atoms with Gasteiger partial charge in [-0.05, 0) is 234 Å². The van der Waals surface area contributed by atoms with Gasteiger partial charge in [0.05, 0.1) is 33.4 Å². The summed E-state index contributed by atoms with van der Waals surface area (Å²) >= 11 is 0. The molecule has 2 aliphatic heterocycles. The van der Waals surface area contributed by atoms with Crippen LogP contribution in [0.4, 0.5) is 34.1 Å². The molecule has 4 nitrogen and oxygen atoms in total. The largest absolute Gasteiger partial charge is 0.310 e. The molecule has 23 rings (SSSR count). The van der Waals surface area contributed by atoms with Crippen molar-refractivity contribution in [3.63, 3.8) is 0 Å². The van der Waals surface area contributed by atoms with E-state index in [2.05, 4.69) is 469 Å². The Balaban J connectivity index is 0.899. The van der Waals surface area contributed by atoms with E-state index in [4.69, 9.17) is 0 Å². The Hall–Kier alpha value is -14.5. The molecule has 123 heavy (non-hydrogen) atoms. The van der Waals surface area contributed by atoms with Gasteiger partial charge in [0.2, 0.25) is 0 Å². The van der Waals surface area contributed by atoms with Gasteiger partial charge in [-0.15, -0.1) is 0 Å². The third-order valence-electron chi connectivity index (χ3n) is 26.7. The average molecular weight is 1580 g/mol. The van der Waals surface area contributed by atoms with Crippen molar-refractivity contribution in [1.29, 1.82) is 0 Å². The van der Waals surface area contributed by atoms with Crippen molar-refractivity contribution in [2.24, 2.45) is 0 Å². The van der Waals surface area contributed by atoms with Crippen LogP contribution in [0.25, 0.3) is 165 Å². The van der Waals surface area contributed by atoms with Gasteiger partial charge in [-0.3, -0.25) is 0 Å². The van der Waals surface area contributed by atoms with Gasteiger partial charge in [0.1, 0.15) is 0 Å². The van der Waals surface area contributed by atoms with E-state index >= 15 is 0 Å². The van der Waals surface area contributed by atoms with Crippen LogP contribution in [0.5, 0.6) is 0 Å². The summed E-state index contributed by atoms with van der Waals surface area (Å²) in [6.45, 7) is 21.0. The first kappa shape index (κ1) is 73.6. The van der Waals surface area contributed by atoms with Crippen molar-refractivity contribution < 1.29 is 0 Å². The smallest absolute Gasteiger partial charge is 0.252 e. The molecule has 21 aromatic rings. The summed E-state index contributed by atoms with van der Waals surface area (Å²) in [5, 5.41) is 14.8. The van der Waals surface area contributed by atoms with Crippen LogP contribution in [-0.4, -0.2) is 15.8 Å². The van der Waals surface area contributed by atoms with Crippen LogP contribution in [0.15, 0.2) is 388 Å². The predicted octanol–water partition coefficient (Wildman–Crippen LogP) is 30.5. The minimum atomic E-state index is -0.399. The maximum Gasteiger partial charge on any atom is 0.252 e. The van der Waals surface area contributed by atoms with Crippen molar-refractivity contribution in [3.05, 3.63) is 405 Å². The van der Waals surface area contributed by atoms with Crippen LogP contribution in [0.3, 0.4) is 0 Å². The van der Waals surface area contributed by atoms with E-state index in [1.165, 1.54) is 109 Å². The Morgan fingerprint density at radius 3 is 0.886 bits per heavy atom. The van der Waals surface area contributed by atoms with Gasteiger partial charge >= 0.3 is 0 Å². The maximum atomic E-state index is 2.76. The lowest BCUT2D eigenvalue weighted by Gasteiger charge is -2.46. The fourth-order valence-corrected chi connectivity index (χ4v) is 20.6. The summed E-state index contributed by atoms with van der Waals surface area (Å²) in [7, 11) is 0. The van der Waals surface area contributed by atoms with Gasteiger partial charge < -0.3 is 18.9 Å². The number of hydrogen-bond donors (Lipinski definition) is 0. The Kier molecular flexibility index (Phi) is 16.8. The second-order valence-electron chi connectivity index (χ2n) is 37.1. The number of fused-ring (bicyclic) bond motifs is 16. The van der Waals surface area contributed by atoms with E-state index in [1.54, 1.807) is 0 Å². The molecular formula is C118H91BN4. The van der Waals surface area contributed by atoms with E-state index in [9.17, 15) is 0 Å². The molecule has 0 saturated carbocycles. The molecule has 0 saturated heterocycles. The van der Waals surface area contributed by atoms with Crippen LogP contribution in [0.2, 0.25) is 0 Å². The van der Waals surface area contributed by atoms with E-state index in [1.807, 2.05) is 0 Å². The van der Waals surface area contributed by atoms with Gasteiger partial charge in [0, 0.05) is 77.9 Å². The van der Waals surface area contributed by atoms with E-state index < -0.39 is 5.41 Å². The molecule has 2 aliphatic rings. The monoisotopic (exact) mass is 1570 g/mol. The first-order chi connectivity index (χ1) is 59.9. The number of anilines is 6. The van der Waals surface area contributed by atoms with Crippen LogP contribution >= 0.6 is 0 Å². The van der Waals surface area contributed by atoms with Crippen molar-refractivity contribution in [1.82, 2.24) is 9.13 Å². The highest BCUT2D eigenvalue weighted by molar-refractivity contribution is 7.00. The number of benzene rings is 19. The summed E-state index contributed by atoms with van der Waals surface area (Å²) in [6.07, 6.45) is 0. The number of nitrogens with zero attached hydrogens (tertiary/aromatic N) is 4. The molecule has 0 spiro atoms. The minimum absolute atomic E-state index is 0.0952. The van der Waals surface area contributed by atoms with E-state index in [-0.39, 0.29) is 17.5 Å². The number of hydrogen-bond acceptors (Lipinski definition) is 2. The van der Waals surface area contributed by atoms with Crippen LogP contribution in [0, 0.1) is 0 Å². The van der Waals surface area contributed by atoms with Crippen molar-refractivity contribution in [2.75, 3.05) is 9.80 Å². The van der Waals surface area contributed by atoms with Crippen LogP contribution < -0.4 is 26.2 Å². The van der Waals surface area contributed by atoms with Gasteiger partial charge in [0.25, 0.3) is 6.71 Å². The zero-order valence-electron chi connectivity index (χ0n) is 70.8. The summed E-state index contributed by atoms with van der Waals surface area (Å²) in [5.41, 5.74) is 34.0. The quantitative estimate of drug-likeness (QED) is 0.127. The first-order valence-corrected chi connectivity index (χ1v) is 43.5. The molecule has 2 aromatic heterocycles. The van der Waals surface area contributed by atoms with Gasteiger partial charge in [-0.25, -0.2) is 0 Å². The Labute approximate surface area is 719 Å². The highest BCUT2D eigenvalue weighted by Crippen LogP contribution is 2.57. The standard InChI is InChI=1S/C118H91BN4/c1-116(2,3)84-54-62-103-99(68-84)111-93-48-28-24-42-80(93)52-60-105(111)120(103)87-56-58-101-107(72-87)122(114-95(76-32-14-10-15-33-76)64-82(65-96(114)77-34-16-11-17-35-77)91-50-30-44-74-40-22-26-46-89(74)91)109-70-86(118(7,8)9)71-110-113(109)119(101)102-59-57-88(121-104-63-55-85(117(4,5)6)69-100(104)112-94-49-29-25-43-81(94)53-61-106(112)121)73-108(102)123(110)115-97(78-36-18-12-19-37-78)66-83(67-98(115)79-38-20-13-21-39-79)92-51-31-45-75-41-23-27-47-90(75)92/h10-73H,1-9H3. The maximum absolute atomic E-state index is 2.76. The molecule has 586 valence electrons. The summed E-state index contributed by atoms with van der Waals surface area (Å²) in [6, 6.07) is 149. The SMILES string of the molecule is CC(C)(C)c1cc2c3c(c1)N(c1c(-c4ccccc4)cc(-c4cccc5ccccc45)cc1-c1ccccc1)c1cc(-n4c5ccc(C(C)(C)C)cc5c5c6ccccc6ccc54)ccc1B3c1ccc(-n3c4ccc(C(C)(C)C)cc4c4c5ccccc5ccc43)cc1N2c1c(-c2ccccc2)cc(-c2cccc3ccccc23)cc1-c1ccccc1. The average Bonchev–Trinajstić information content (AvgIpc) is 0.697. The third kappa shape index (κ3) is 11.9. The molecule has 0 bridgehead atoms. The second-order valence-corrected chi connectivity index (χ2v) is 37.1. The molecule has 0 amide bonds. The molecule has 4 heterocycles. The fourth-order valence-electron chi connectivity index (χ4n) is 20.6. The second kappa shape index (κ2) is 28.0. The molecule has 0 radical (unpaired) electrons. The third-order valence-corrected chi connectivity index (χ3v) is 26.7. The first-order valence-electron chi connectivity index (χ1n) is 43.5. The van der Waals surface area contributed by atoms with Crippen molar-refractivity contribution in [3.8, 4) is 78.1 Å². The summed E-state index contributed by atoms with van der Waals surface area (Å²) in [4.78, 5) is 5.52. The number of rotatable bonds is 10. The van der Waals surface area contributed by atoms with Crippen LogP contribution in [-0.2, 0) is 16.2 Å². The van der Waals surface area contributed by atoms with E-state index in [0.29, 0.717) is 0 Å². The topological polar surface area (TPSA) is 16.3 Å². The number of aromatic nitrogens is 2. The molecule has 0 fully saturated rings. The summed E-state index contributed by atoms with van der Waals surface area (Å²) < 4.78 is 5.16. The molecule has 0 atom stereocenters. The molecule has 19 aromatic carbocycles. The van der Waals surface area contributed by atoms with Crippen molar-refractivity contribution >= 4 is 144 Å². The lowest BCUT2D eigenvalue weighted by Crippen LogP contribution is -2.61. The molecular weight excluding hydrogens is 1480 g/mol. The Bertz CT molecular complexity index is 7340. The highest BCUT2D eigenvalue weighted by atomic mass is 15.2. The van der Waals surface area contributed by atoms with Gasteiger partial charge in [-0.2, -0.15) is 0 Å². The normalized spacial score (nSPS) is 12.9. The Morgan fingerprint density at radius 1 is 0.211 bits per heavy atom. The molecule has 5 heteroatoms. The molecule has 0 unspecified atom stereocenters. The zero-order chi connectivity index (χ0) is 82.9. The molecule has 0 N–H and O–H groups in total. The summed E-state index contributed by atoms with van der Waals surface area (Å²) in [5.74, 6) is 0. The lowest BCUT2D eigenvalue weighted by atomic mass is 9.33. The molecule has 0 aliphatic carbocycles. The minimum Gasteiger partial charge on any atom is -0.310 e. The Morgan fingerprint density at radius 2 is 0.528 bits per heavy atom. The predicted molar refractivity (Wildman–Crippen MR) is 528 cm³/mol.